The molecule has 0 fully saturated rings. The van der Waals surface area contributed by atoms with Crippen molar-refractivity contribution in [1.82, 2.24) is 9.88 Å². The average Bonchev–Trinajstić information content (AvgIpc) is 2.48. The molecule has 7 heteroatoms. The van der Waals surface area contributed by atoms with Gasteiger partial charge < -0.3 is 4.74 Å². The number of carbonyl (C=O) groups is 1. The van der Waals surface area contributed by atoms with Crippen molar-refractivity contribution >= 4 is 34.1 Å². The van der Waals surface area contributed by atoms with Gasteiger partial charge in [0.25, 0.3) is 0 Å². The van der Waals surface area contributed by atoms with E-state index in [4.69, 9.17) is 4.74 Å². The first-order valence-corrected chi connectivity index (χ1v) is 8.27. The fourth-order valence-corrected chi connectivity index (χ4v) is 2.17. The Labute approximate surface area is 144 Å². The van der Waals surface area contributed by atoms with Gasteiger partial charge in [0.2, 0.25) is 0 Å². The van der Waals surface area contributed by atoms with E-state index in [-0.39, 0.29) is 0 Å². The molecule has 0 saturated carbocycles. The number of hydrogen-bond acceptors (Lipinski definition) is 5. The normalized spacial score (nSPS) is 14.3. The average molecular weight is 381 g/mol. The van der Waals surface area contributed by atoms with Gasteiger partial charge in [-0.2, -0.15) is 0 Å². The Kier molecular flexibility index (Phi) is 5.87. The Morgan fingerprint density at radius 2 is 2.13 bits per heavy atom. The molecule has 0 radical (unpaired) electrons. The van der Waals surface area contributed by atoms with Crippen LogP contribution in [-0.4, -0.2) is 46.7 Å². The molecule has 0 saturated heterocycles. The van der Waals surface area contributed by atoms with Crippen LogP contribution in [0.2, 0.25) is 0 Å². The number of carbonyl (C=O) groups excluding carboxylic acids is 1. The number of amidine groups is 1. The maximum Gasteiger partial charge on any atom is 0.411 e. The van der Waals surface area contributed by atoms with Crippen LogP contribution in [0.3, 0.4) is 0 Å². The van der Waals surface area contributed by atoms with Crippen LogP contribution in [0, 0.1) is 0 Å². The Balaban J connectivity index is 2.12. The lowest BCUT2D eigenvalue weighted by molar-refractivity contribution is 0.0261. The number of ether oxygens (including phenoxy) is 1. The molecule has 1 aliphatic heterocycles. The number of halogens is 1. The van der Waals surface area contributed by atoms with Gasteiger partial charge in [-0.25, -0.2) is 9.79 Å². The van der Waals surface area contributed by atoms with Crippen LogP contribution in [0.15, 0.2) is 32.8 Å². The molecular weight excluding hydrogens is 360 g/mol. The standard InChI is InChI=1S/C16H21BrN4O2/c1-16(2,3)23-15(22)21(11-14-18-7-4-8-19-14)10-13-6-5-12(17)9-20-13/h5-7,9H,4,8,10-11H2,1-3H3. The fourth-order valence-electron chi connectivity index (χ4n) is 1.93. The van der Waals surface area contributed by atoms with E-state index in [0.717, 1.165) is 16.6 Å². The van der Waals surface area contributed by atoms with E-state index in [1.54, 1.807) is 11.1 Å². The number of aliphatic imine (C=N–C) groups is 2. The van der Waals surface area contributed by atoms with Gasteiger partial charge in [-0.05, 0) is 48.8 Å². The molecule has 0 aliphatic carbocycles. The van der Waals surface area contributed by atoms with Crippen LogP contribution in [-0.2, 0) is 11.3 Å². The second-order valence-electron chi connectivity index (χ2n) is 6.20. The van der Waals surface area contributed by atoms with E-state index in [1.807, 2.05) is 39.1 Å². The van der Waals surface area contributed by atoms with E-state index in [0.29, 0.717) is 25.5 Å². The highest BCUT2D eigenvalue weighted by Gasteiger charge is 2.24. The first kappa shape index (κ1) is 17.6. The Morgan fingerprint density at radius 3 is 2.70 bits per heavy atom. The van der Waals surface area contributed by atoms with Crippen molar-refractivity contribution in [2.45, 2.75) is 39.3 Å². The molecule has 1 amide bonds. The largest absolute Gasteiger partial charge is 0.444 e. The molecule has 2 heterocycles. The van der Waals surface area contributed by atoms with Gasteiger partial charge in [0.1, 0.15) is 11.4 Å². The number of aromatic nitrogens is 1. The van der Waals surface area contributed by atoms with Crippen LogP contribution >= 0.6 is 15.9 Å². The molecule has 2 rings (SSSR count). The SMILES string of the molecule is CC(C)(C)OC(=O)N(CC1=NCCC=N1)Cc1ccc(Br)cn1. The Hall–Kier alpha value is -1.76. The van der Waals surface area contributed by atoms with Crippen molar-refractivity contribution in [2.75, 3.05) is 13.1 Å². The van der Waals surface area contributed by atoms with Crippen molar-refractivity contribution in [3.05, 3.63) is 28.5 Å². The summed E-state index contributed by atoms with van der Waals surface area (Å²) in [5.74, 6) is 0.638. The zero-order valence-electron chi connectivity index (χ0n) is 13.6. The van der Waals surface area contributed by atoms with Crippen molar-refractivity contribution in [2.24, 2.45) is 9.98 Å². The third-order valence-corrected chi connectivity index (χ3v) is 3.39. The molecule has 0 bridgehead atoms. The Morgan fingerprint density at radius 1 is 1.35 bits per heavy atom. The van der Waals surface area contributed by atoms with Crippen molar-refractivity contribution in [3.8, 4) is 0 Å². The van der Waals surface area contributed by atoms with Crippen LogP contribution in [0.5, 0.6) is 0 Å². The fraction of sp³-hybridized carbons (Fsp3) is 0.500. The van der Waals surface area contributed by atoms with Crippen molar-refractivity contribution in [3.63, 3.8) is 0 Å². The van der Waals surface area contributed by atoms with Crippen LogP contribution in [0.4, 0.5) is 4.79 Å². The summed E-state index contributed by atoms with van der Waals surface area (Å²) in [6, 6.07) is 3.76. The second kappa shape index (κ2) is 7.68. The van der Waals surface area contributed by atoms with Gasteiger partial charge in [-0.1, -0.05) is 0 Å². The summed E-state index contributed by atoms with van der Waals surface area (Å²) in [6.07, 6.45) is 3.97. The first-order chi connectivity index (χ1) is 10.8. The van der Waals surface area contributed by atoms with Crippen LogP contribution in [0.25, 0.3) is 0 Å². The number of hydrogen-bond donors (Lipinski definition) is 0. The highest BCUT2D eigenvalue weighted by Crippen LogP contribution is 2.14. The van der Waals surface area contributed by atoms with Crippen molar-refractivity contribution < 1.29 is 9.53 Å². The topological polar surface area (TPSA) is 67.2 Å². The van der Waals surface area contributed by atoms with Crippen LogP contribution < -0.4 is 0 Å². The van der Waals surface area contributed by atoms with E-state index in [9.17, 15) is 4.79 Å². The molecule has 0 aromatic carbocycles. The minimum atomic E-state index is -0.555. The second-order valence-corrected chi connectivity index (χ2v) is 7.12. The van der Waals surface area contributed by atoms with E-state index in [1.165, 1.54) is 0 Å². The summed E-state index contributed by atoms with van der Waals surface area (Å²) in [5, 5.41) is 0. The third kappa shape index (κ3) is 6.09. The van der Waals surface area contributed by atoms with Gasteiger partial charge in [-0.15, -0.1) is 0 Å². The quantitative estimate of drug-likeness (QED) is 0.802. The highest BCUT2D eigenvalue weighted by atomic mass is 79.9. The number of pyridine rings is 1. The monoisotopic (exact) mass is 380 g/mol. The predicted molar refractivity (Wildman–Crippen MR) is 94.0 cm³/mol. The zero-order chi connectivity index (χ0) is 16.9. The van der Waals surface area contributed by atoms with Gasteiger partial charge >= 0.3 is 6.09 Å². The molecule has 1 aromatic rings. The highest BCUT2D eigenvalue weighted by molar-refractivity contribution is 9.10. The maximum atomic E-state index is 12.5. The van der Waals surface area contributed by atoms with E-state index in [2.05, 4.69) is 30.9 Å². The third-order valence-electron chi connectivity index (χ3n) is 2.92. The van der Waals surface area contributed by atoms with Crippen LogP contribution in [0.1, 0.15) is 32.9 Å². The van der Waals surface area contributed by atoms with E-state index >= 15 is 0 Å². The molecular formula is C16H21BrN4O2. The zero-order valence-corrected chi connectivity index (χ0v) is 15.2. The number of rotatable bonds is 4. The lowest BCUT2D eigenvalue weighted by Gasteiger charge is -2.27. The summed E-state index contributed by atoms with van der Waals surface area (Å²) in [4.78, 5) is 26.9. The van der Waals surface area contributed by atoms with Gasteiger partial charge in [0.15, 0.2) is 0 Å². The Bertz CT molecular complexity index is 606. The minimum absolute atomic E-state index is 0.309. The molecule has 124 valence electrons. The predicted octanol–water partition coefficient (Wildman–Crippen LogP) is 3.45. The smallest absolute Gasteiger partial charge is 0.411 e. The molecule has 1 aliphatic rings. The maximum absolute atomic E-state index is 12.5. The number of amides is 1. The van der Waals surface area contributed by atoms with Gasteiger partial charge in [0, 0.05) is 29.8 Å². The molecule has 23 heavy (non-hydrogen) atoms. The van der Waals surface area contributed by atoms with Gasteiger partial charge in [-0.3, -0.25) is 14.9 Å². The van der Waals surface area contributed by atoms with Crippen molar-refractivity contribution in [1.29, 1.82) is 0 Å². The van der Waals surface area contributed by atoms with Gasteiger partial charge in [0.05, 0.1) is 18.8 Å². The molecule has 0 N–H and O–H groups in total. The summed E-state index contributed by atoms with van der Waals surface area (Å²) < 4.78 is 6.38. The van der Waals surface area contributed by atoms with E-state index < -0.39 is 11.7 Å². The summed E-state index contributed by atoms with van der Waals surface area (Å²) >= 11 is 3.35. The lowest BCUT2D eigenvalue weighted by Crippen LogP contribution is -2.39. The first-order valence-electron chi connectivity index (χ1n) is 7.48. The molecule has 0 spiro atoms. The summed E-state index contributed by atoms with van der Waals surface area (Å²) in [7, 11) is 0. The molecule has 6 nitrogen and oxygen atoms in total. The molecule has 0 unspecified atom stereocenters. The molecule has 0 atom stereocenters. The number of nitrogens with zero attached hydrogens (tertiary/aromatic N) is 4. The summed E-state index contributed by atoms with van der Waals surface area (Å²) in [5.41, 5.74) is 0.222. The molecule has 1 aromatic heterocycles. The minimum Gasteiger partial charge on any atom is -0.444 e. The summed E-state index contributed by atoms with van der Waals surface area (Å²) in [6.45, 7) is 6.89. The lowest BCUT2D eigenvalue weighted by atomic mass is 10.2.